The molecule has 1 aromatic carbocycles. The van der Waals surface area contributed by atoms with Crippen LogP contribution in [-0.4, -0.2) is 35.5 Å². The second kappa shape index (κ2) is 7.67. The molecule has 0 spiro atoms. The number of amides is 1. The lowest BCUT2D eigenvalue weighted by molar-refractivity contribution is -0.130. The van der Waals surface area contributed by atoms with Crippen molar-refractivity contribution in [2.24, 2.45) is 0 Å². The van der Waals surface area contributed by atoms with Gasteiger partial charge in [0.1, 0.15) is 23.4 Å². The Balaban J connectivity index is 1.89. The number of pyridine rings is 1. The Labute approximate surface area is 163 Å². The fourth-order valence-electron chi connectivity index (χ4n) is 3.53. The molecule has 0 saturated carbocycles. The van der Waals surface area contributed by atoms with Gasteiger partial charge in [-0.2, -0.15) is 0 Å². The summed E-state index contributed by atoms with van der Waals surface area (Å²) in [6.45, 7) is 5.22. The molecule has 0 aliphatic carbocycles. The van der Waals surface area contributed by atoms with Crippen LogP contribution in [0.3, 0.4) is 0 Å². The number of methoxy groups -OCH3 is 1. The molecule has 0 bridgehead atoms. The molecule has 3 rings (SSSR count). The molecule has 2 aromatic rings. The highest BCUT2D eigenvalue weighted by Crippen LogP contribution is 2.44. The van der Waals surface area contributed by atoms with Gasteiger partial charge in [0.15, 0.2) is 5.78 Å². The van der Waals surface area contributed by atoms with Crippen LogP contribution in [0.2, 0.25) is 0 Å². The summed E-state index contributed by atoms with van der Waals surface area (Å²) in [6, 6.07) is 7.41. The van der Waals surface area contributed by atoms with Crippen LogP contribution in [-0.2, 0) is 9.53 Å². The Morgan fingerprint density at radius 1 is 1.29 bits per heavy atom. The van der Waals surface area contributed by atoms with E-state index in [2.05, 4.69) is 10.3 Å². The first-order chi connectivity index (χ1) is 13.2. The molecule has 28 heavy (non-hydrogen) atoms. The number of aromatic nitrogens is 1. The number of benzene rings is 1. The van der Waals surface area contributed by atoms with Gasteiger partial charge in [-0.15, -0.1) is 0 Å². The van der Waals surface area contributed by atoms with Crippen molar-refractivity contribution in [3.05, 3.63) is 53.6 Å². The number of Topliss-reactive ketones (excluding diaryl/α,β-unsaturated/α-hetero) is 1. The SMILES string of the molecule is COc1cc(F)ccc1[C@H]1CC(C)(C)O[C@@H]1C(=O)Nc1ccnc(C(C)=O)c1. The minimum atomic E-state index is -0.789. The maximum absolute atomic E-state index is 13.6. The zero-order valence-corrected chi connectivity index (χ0v) is 16.3. The lowest BCUT2D eigenvalue weighted by Gasteiger charge is -2.21. The molecular weight excluding hydrogens is 363 g/mol. The van der Waals surface area contributed by atoms with Crippen molar-refractivity contribution in [2.45, 2.75) is 44.8 Å². The molecule has 1 aliphatic heterocycles. The number of ketones is 1. The van der Waals surface area contributed by atoms with Gasteiger partial charge in [0, 0.05) is 36.4 Å². The summed E-state index contributed by atoms with van der Waals surface area (Å²) in [5.74, 6) is -0.870. The van der Waals surface area contributed by atoms with Gasteiger partial charge in [0.2, 0.25) is 0 Å². The first-order valence-electron chi connectivity index (χ1n) is 8.99. The zero-order valence-electron chi connectivity index (χ0n) is 16.3. The summed E-state index contributed by atoms with van der Waals surface area (Å²) >= 11 is 0. The normalized spacial score (nSPS) is 20.6. The Hall–Kier alpha value is -2.80. The topological polar surface area (TPSA) is 77.5 Å². The van der Waals surface area contributed by atoms with Crippen molar-refractivity contribution >= 4 is 17.4 Å². The van der Waals surface area contributed by atoms with Gasteiger partial charge in [-0.05, 0) is 38.5 Å². The Kier molecular flexibility index (Phi) is 5.47. The van der Waals surface area contributed by atoms with E-state index in [0.29, 0.717) is 23.4 Å². The summed E-state index contributed by atoms with van der Waals surface area (Å²) in [7, 11) is 1.47. The highest BCUT2D eigenvalue weighted by Gasteiger charge is 2.45. The number of carbonyl (C=O) groups excluding carboxylic acids is 2. The molecule has 1 N–H and O–H groups in total. The van der Waals surface area contributed by atoms with E-state index in [9.17, 15) is 14.0 Å². The standard InChI is InChI=1S/C21H23FN2O4/c1-12(25)17-10-14(7-8-23-17)24-20(26)19-16(11-21(2,3)28-19)15-6-5-13(22)9-18(15)27-4/h5-10,16,19H,11H2,1-4H3,(H,23,24,26)/t16-,19+/m1/s1. The summed E-state index contributed by atoms with van der Waals surface area (Å²) in [6.07, 6.45) is 1.25. The third kappa shape index (κ3) is 4.20. The number of hydrogen-bond donors (Lipinski definition) is 1. The van der Waals surface area contributed by atoms with E-state index in [4.69, 9.17) is 9.47 Å². The Morgan fingerprint density at radius 2 is 2.04 bits per heavy atom. The second-order valence-electron chi connectivity index (χ2n) is 7.47. The van der Waals surface area contributed by atoms with E-state index in [1.165, 1.54) is 38.4 Å². The molecule has 1 fully saturated rings. The quantitative estimate of drug-likeness (QED) is 0.793. The lowest BCUT2D eigenvalue weighted by atomic mass is 9.87. The van der Waals surface area contributed by atoms with Gasteiger partial charge in [0.05, 0.1) is 12.7 Å². The smallest absolute Gasteiger partial charge is 0.254 e. The highest BCUT2D eigenvalue weighted by atomic mass is 19.1. The molecule has 1 amide bonds. The van der Waals surface area contributed by atoms with Crippen molar-refractivity contribution in [1.29, 1.82) is 0 Å². The zero-order chi connectivity index (χ0) is 20.5. The number of anilines is 1. The van der Waals surface area contributed by atoms with Crippen LogP contribution < -0.4 is 10.1 Å². The van der Waals surface area contributed by atoms with Crippen molar-refractivity contribution in [3.8, 4) is 5.75 Å². The molecule has 6 nitrogen and oxygen atoms in total. The first-order valence-corrected chi connectivity index (χ1v) is 8.99. The van der Waals surface area contributed by atoms with E-state index in [1.54, 1.807) is 12.1 Å². The van der Waals surface area contributed by atoms with E-state index >= 15 is 0 Å². The van der Waals surface area contributed by atoms with Gasteiger partial charge >= 0.3 is 0 Å². The molecule has 1 saturated heterocycles. The number of carbonyl (C=O) groups is 2. The molecular formula is C21H23FN2O4. The number of nitrogens with zero attached hydrogens (tertiary/aromatic N) is 1. The van der Waals surface area contributed by atoms with E-state index in [1.807, 2.05) is 13.8 Å². The maximum atomic E-state index is 13.6. The number of rotatable bonds is 5. The summed E-state index contributed by atoms with van der Waals surface area (Å²) in [5.41, 5.74) is 0.911. The van der Waals surface area contributed by atoms with Crippen LogP contribution in [0, 0.1) is 5.82 Å². The van der Waals surface area contributed by atoms with Gasteiger partial charge in [-0.1, -0.05) is 6.07 Å². The fraction of sp³-hybridized carbons (Fsp3) is 0.381. The molecule has 0 unspecified atom stereocenters. The fourth-order valence-corrected chi connectivity index (χ4v) is 3.53. The largest absolute Gasteiger partial charge is 0.496 e. The average molecular weight is 386 g/mol. The molecule has 148 valence electrons. The average Bonchev–Trinajstić information content (AvgIpc) is 2.97. The molecule has 1 aromatic heterocycles. The van der Waals surface area contributed by atoms with Gasteiger partial charge in [-0.25, -0.2) is 4.39 Å². The van der Waals surface area contributed by atoms with E-state index in [0.717, 1.165) is 0 Å². The summed E-state index contributed by atoms with van der Waals surface area (Å²) in [4.78, 5) is 28.5. The van der Waals surface area contributed by atoms with Crippen molar-refractivity contribution in [2.75, 3.05) is 12.4 Å². The van der Waals surface area contributed by atoms with Crippen LogP contribution in [0.1, 0.15) is 49.2 Å². The molecule has 1 aliphatic rings. The first kappa shape index (κ1) is 19.9. The van der Waals surface area contributed by atoms with Crippen molar-refractivity contribution < 1.29 is 23.5 Å². The van der Waals surface area contributed by atoms with Crippen LogP contribution >= 0.6 is 0 Å². The predicted octanol–water partition coefficient (Wildman–Crippen LogP) is 3.72. The van der Waals surface area contributed by atoms with E-state index in [-0.39, 0.29) is 23.3 Å². The molecule has 7 heteroatoms. The summed E-state index contributed by atoms with van der Waals surface area (Å²) in [5, 5.41) is 2.79. The maximum Gasteiger partial charge on any atom is 0.254 e. The molecule has 2 heterocycles. The Morgan fingerprint density at radius 3 is 2.71 bits per heavy atom. The minimum Gasteiger partial charge on any atom is -0.496 e. The summed E-state index contributed by atoms with van der Waals surface area (Å²) < 4.78 is 24.9. The molecule has 0 radical (unpaired) electrons. The van der Waals surface area contributed by atoms with Gasteiger partial charge < -0.3 is 14.8 Å². The second-order valence-corrected chi connectivity index (χ2v) is 7.47. The number of ether oxygens (including phenoxy) is 2. The lowest BCUT2D eigenvalue weighted by Crippen LogP contribution is -2.33. The third-order valence-corrected chi connectivity index (χ3v) is 4.76. The van der Waals surface area contributed by atoms with Gasteiger partial charge in [-0.3, -0.25) is 14.6 Å². The van der Waals surface area contributed by atoms with Crippen LogP contribution in [0.15, 0.2) is 36.5 Å². The van der Waals surface area contributed by atoms with Gasteiger partial charge in [0.25, 0.3) is 5.91 Å². The Bertz CT molecular complexity index is 913. The van der Waals surface area contributed by atoms with Crippen molar-refractivity contribution in [1.82, 2.24) is 4.98 Å². The number of halogens is 1. The third-order valence-electron chi connectivity index (χ3n) is 4.76. The number of nitrogens with one attached hydrogen (secondary N) is 1. The predicted molar refractivity (Wildman–Crippen MR) is 102 cm³/mol. The van der Waals surface area contributed by atoms with Crippen LogP contribution in [0.5, 0.6) is 5.75 Å². The minimum absolute atomic E-state index is 0.191. The van der Waals surface area contributed by atoms with Crippen LogP contribution in [0.25, 0.3) is 0 Å². The molecule has 2 atom stereocenters. The van der Waals surface area contributed by atoms with Crippen LogP contribution in [0.4, 0.5) is 10.1 Å². The highest BCUT2D eigenvalue weighted by molar-refractivity contribution is 5.97. The van der Waals surface area contributed by atoms with E-state index < -0.39 is 17.5 Å². The number of hydrogen-bond acceptors (Lipinski definition) is 5. The monoisotopic (exact) mass is 386 g/mol. The van der Waals surface area contributed by atoms with Crippen molar-refractivity contribution in [3.63, 3.8) is 0 Å².